The molecular weight excluding hydrogens is 270 g/mol. The molecule has 0 saturated carbocycles. The Bertz CT molecular complexity index is 469. The summed E-state index contributed by atoms with van der Waals surface area (Å²) in [4.78, 5) is 11.9. The van der Waals surface area contributed by atoms with Gasteiger partial charge in [-0.05, 0) is 43.9 Å². The summed E-state index contributed by atoms with van der Waals surface area (Å²) in [6.45, 7) is 4.46. The standard InChI is InChI=1S/C16H23NO4/c1-12-5-6-14(15(18)10-12)16(19)17-7-3-8-20-11-13-4-2-9-21-13/h5-6,10,13,18H,2-4,7-9,11H2,1H3,(H,17,19). The number of benzene rings is 1. The molecule has 1 amide bonds. The summed E-state index contributed by atoms with van der Waals surface area (Å²) in [5.41, 5.74) is 1.23. The van der Waals surface area contributed by atoms with Gasteiger partial charge in [0.15, 0.2) is 0 Å². The normalized spacial score (nSPS) is 17.9. The van der Waals surface area contributed by atoms with E-state index in [-0.39, 0.29) is 17.8 Å². The third-order valence-corrected chi connectivity index (χ3v) is 3.48. The second-order valence-electron chi connectivity index (χ2n) is 5.34. The third kappa shape index (κ3) is 5.02. The molecule has 21 heavy (non-hydrogen) atoms. The lowest BCUT2D eigenvalue weighted by molar-refractivity contribution is 0.0166. The van der Waals surface area contributed by atoms with Crippen molar-refractivity contribution in [3.8, 4) is 5.75 Å². The molecule has 1 saturated heterocycles. The first-order chi connectivity index (χ1) is 10.2. The number of aromatic hydroxyl groups is 1. The summed E-state index contributed by atoms with van der Waals surface area (Å²) >= 11 is 0. The van der Waals surface area contributed by atoms with E-state index < -0.39 is 0 Å². The lowest BCUT2D eigenvalue weighted by Gasteiger charge is -2.10. The molecule has 1 aromatic carbocycles. The number of carbonyl (C=O) groups excluding carboxylic acids is 1. The highest BCUT2D eigenvalue weighted by atomic mass is 16.5. The highest BCUT2D eigenvalue weighted by molar-refractivity contribution is 5.96. The first-order valence-corrected chi connectivity index (χ1v) is 7.44. The van der Waals surface area contributed by atoms with Crippen molar-refractivity contribution in [3.63, 3.8) is 0 Å². The largest absolute Gasteiger partial charge is 0.507 e. The zero-order valence-electron chi connectivity index (χ0n) is 12.4. The van der Waals surface area contributed by atoms with Crippen LogP contribution in [0, 0.1) is 6.92 Å². The summed E-state index contributed by atoms with van der Waals surface area (Å²) in [5.74, 6) is -0.242. The quantitative estimate of drug-likeness (QED) is 0.755. The van der Waals surface area contributed by atoms with E-state index in [0.717, 1.165) is 31.4 Å². The van der Waals surface area contributed by atoms with Gasteiger partial charge in [0, 0.05) is 19.8 Å². The molecule has 0 aromatic heterocycles. The molecular formula is C16H23NO4. The Morgan fingerprint density at radius 2 is 2.38 bits per heavy atom. The van der Waals surface area contributed by atoms with Gasteiger partial charge in [-0.1, -0.05) is 6.07 Å². The minimum absolute atomic E-state index is 0.0159. The average Bonchev–Trinajstić information content (AvgIpc) is 2.95. The van der Waals surface area contributed by atoms with E-state index in [1.165, 1.54) is 0 Å². The molecule has 2 N–H and O–H groups in total. The van der Waals surface area contributed by atoms with Gasteiger partial charge in [0.1, 0.15) is 5.75 Å². The van der Waals surface area contributed by atoms with Crippen LogP contribution in [0.4, 0.5) is 0 Å². The van der Waals surface area contributed by atoms with Gasteiger partial charge in [0.25, 0.3) is 5.91 Å². The maximum atomic E-state index is 11.9. The van der Waals surface area contributed by atoms with Crippen LogP contribution < -0.4 is 5.32 Å². The molecule has 1 fully saturated rings. The Labute approximate surface area is 125 Å². The molecule has 0 aliphatic carbocycles. The number of phenolic OH excluding ortho intramolecular Hbond substituents is 1. The van der Waals surface area contributed by atoms with Crippen molar-refractivity contribution < 1.29 is 19.4 Å². The molecule has 0 spiro atoms. The molecule has 1 aromatic rings. The van der Waals surface area contributed by atoms with Crippen molar-refractivity contribution in [1.82, 2.24) is 5.32 Å². The molecule has 5 heteroatoms. The Morgan fingerprint density at radius 3 is 3.10 bits per heavy atom. The highest BCUT2D eigenvalue weighted by Gasteiger charge is 2.15. The van der Waals surface area contributed by atoms with E-state index >= 15 is 0 Å². The van der Waals surface area contributed by atoms with Crippen LogP contribution in [0.25, 0.3) is 0 Å². The predicted molar refractivity (Wildman–Crippen MR) is 79.6 cm³/mol. The van der Waals surface area contributed by atoms with Crippen LogP contribution in [-0.4, -0.2) is 43.5 Å². The van der Waals surface area contributed by atoms with Gasteiger partial charge in [-0.3, -0.25) is 4.79 Å². The first-order valence-electron chi connectivity index (χ1n) is 7.44. The van der Waals surface area contributed by atoms with E-state index in [4.69, 9.17) is 9.47 Å². The molecule has 0 bridgehead atoms. The molecule has 2 rings (SSSR count). The molecule has 1 aliphatic rings. The Hall–Kier alpha value is -1.59. The number of phenols is 1. The maximum Gasteiger partial charge on any atom is 0.255 e. The van der Waals surface area contributed by atoms with E-state index in [1.807, 2.05) is 6.92 Å². The first kappa shape index (κ1) is 15.8. The predicted octanol–water partition coefficient (Wildman–Crippen LogP) is 2.02. The van der Waals surface area contributed by atoms with Gasteiger partial charge in [-0.25, -0.2) is 0 Å². The summed E-state index contributed by atoms with van der Waals surface area (Å²) in [5, 5.41) is 12.5. The van der Waals surface area contributed by atoms with Gasteiger partial charge >= 0.3 is 0 Å². The van der Waals surface area contributed by atoms with Crippen molar-refractivity contribution in [2.24, 2.45) is 0 Å². The van der Waals surface area contributed by atoms with Crippen LogP contribution in [0.5, 0.6) is 5.75 Å². The van der Waals surface area contributed by atoms with Crippen LogP contribution in [0.15, 0.2) is 18.2 Å². The van der Waals surface area contributed by atoms with E-state index in [2.05, 4.69) is 5.32 Å². The average molecular weight is 293 g/mol. The fourth-order valence-corrected chi connectivity index (χ4v) is 2.30. The molecule has 0 radical (unpaired) electrons. The van der Waals surface area contributed by atoms with Gasteiger partial charge in [-0.15, -0.1) is 0 Å². The van der Waals surface area contributed by atoms with E-state index in [9.17, 15) is 9.90 Å². The number of nitrogens with one attached hydrogen (secondary N) is 1. The number of ether oxygens (including phenoxy) is 2. The minimum Gasteiger partial charge on any atom is -0.507 e. The summed E-state index contributed by atoms with van der Waals surface area (Å²) in [6.07, 6.45) is 3.17. The Balaban J connectivity index is 1.60. The maximum absolute atomic E-state index is 11.9. The molecule has 116 valence electrons. The molecule has 5 nitrogen and oxygen atoms in total. The van der Waals surface area contributed by atoms with Crippen molar-refractivity contribution in [2.45, 2.75) is 32.3 Å². The van der Waals surface area contributed by atoms with Crippen LogP contribution in [0.3, 0.4) is 0 Å². The molecule has 1 heterocycles. The summed E-state index contributed by atoms with van der Waals surface area (Å²) < 4.78 is 11.0. The fraction of sp³-hybridized carbons (Fsp3) is 0.562. The SMILES string of the molecule is Cc1ccc(C(=O)NCCCOCC2CCCO2)c(O)c1. The fourth-order valence-electron chi connectivity index (χ4n) is 2.30. The third-order valence-electron chi connectivity index (χ3n) is 3.48. The lowest BCUT2D eigenvalue weighted by Crippen LogP contribution is -2.25. The second-order valence-corrected chi connectivity index (χ2v) is 5.34. The monoisotopic (exact) mass is 293 g/mol. The topological polar surface area (TPSA) is 67.8 Å². The molecule has 1 unspecified atom stereocenters. The van der Waals surface area contributed by atoms with Gasteiger partial charge in [0.05, 0.1) is 18.3 Å². The number of amides is 1. The van der Waals surface area contributed by atoms with Crippen LogP contribution in [-0.2, 0) is 9.47 Å². The lowest BCUT2D eigenvalue weighted by atomic mass is 10.1. The van der Waals surface area contributed by atoms with Crippen molar-refractivity contribution in [1.29, 1.82) is 0 Å². The number of hydrogen-bond donors (Lipinski definition) is 2. The highest BCUT2D eigenvalue weighted by Crippen LogP contribution is 2.18. The number of aryl methyl sites for hydroxylation is 1. The molecule has 1 atom stereocenters. The van der Waals surface area contributed by atoms with Crippen molar-refractivity contribution >= 4 is 5.91 Å². The smallest absolute Gasteiger partial charge is 0.255 e. The van der Waals surface area contributed by atoms with Crippen LogP contribution in [0.1, 0.15) is 35.2 Å². The minimum atomic E-state index is -0.258. The van der Waals surface area contributed by atoms with Crippen LogP contribution >= 0.6 is 0 Å². The van der Waals surface area contributed by atoms with Crippen molar-refractivity contribution in [2.75, 3.05) is 26.4 Å². The number of carbonyl (C=O) groups is 1. The Kier molecular flexibility index (Phi) is 6.02. The van der Waals surface area contributed by atoms with Gasteiger partial charge in [0.2, 0.25) is 0 Å². The van der Waals surface area contributed by atoms with Crippen LogP contribution in [0.2, 0.25) is 0 Å². The summed E-state index contributed by atoms with van der Waals surface area (Å²) in [6, 6.07) is 5.02. The number of hydrogen-bond acceptors (Lipinski definition) is 4. The molecule has 1 aliphatic heterocycles. The zero-order valence-corrected chi connectivity index (χ0v) is 12.4. The number of rotatable bonds is 7. The van der Waals surface area contributed by atoms with E-state index in [0.29, 0.717) is 25.3 Å². The van der Waals surface area contributed by atoms with Crippen molar-refractivity contribution in [3.05, 3.63) is 29.3 Å². The zero-order chi connectivity index (χ0) is 15.1. The van der Waals surface area contributed by atoms with E-state index in [1.54, 1.807) is 18.2 Å². The second kappa shape index (κ2) is 8.00. The summed E-state index contributed by atoms with van der Waals surface area (Å²) in [7, 11) is 0. The Morgan fingerprint density at radius 1 is 1.52 bits per heavy atom. The van der Waals surface area contributed by atoms with Gasteiger partial charge < -0.3 is 19.9 Å². The van der Waals surface area contributed by atoms with Gasteiger partial charge in [-0.2, -0.15) is 0 Å².